The largest absolute Gasteiger partial charge is 0.497 e. The number of aliphatic imine (C=N–C) groups is 1. The molecule has 0 bridgehead atoms. The molecule has 0 aliphatic carbocycles. The minimum absolute atomic E-state index is 0. The fourth-order valence-electron chi connectivity index (χ4n) is 3.20. The predicted molar refractivity (Wildman–Crippen MR) is 120 cm³/mol. The second-order valence-electron chi connectivity index (χ2n) is 6.29. The van der Waals surface area contributed by atoms with Gasteiger partial charge >= 0.3 is 0 Å². The zero-order valence-corrected chi connectivity index (χ0v) is 18.8. The van der Waals surface area contributed by atoms with Gasteiger partial charge < -0.3 is 20.7 Å². The number of carbonyl (C=O) groups is 1. The molecule has 152 valence electrons. The lowest BCUT2D eigenvalue weighted by Gasteiger charge is -2.24. The highest BCUT2D eigenvalue weighted by Gasteiger charge is 2.22. The molecule has 0 radical (unpaired) electrons. The van der Waals surface area contributed by atoms with Crippen LogP contribution in [0.3, 0.4) is 0 Å². The van der Waals surface area contributed by atoms with E-state index in [-0.39, 0.29) is 29.9 Å². The lowest BCUT2D eigenvalue weighted by atomic mass is 10.2. The van der Waals surface area contributed by atoms with Crippen molar-refractivity contribution in [3.05, 3.63) is 29.8 Å². The summed E-state index contributed by atoms with van der Waals surface area (Å²) in [5, 5.41) is 9.51. The van der Waals surface area contributed by atoms with Crippen LogP contribution in [0.4, 0.5) is 0 Å². The number of halogens is 1. The Hall–Kier alpha value is -1.55. The molecule has 1 aromatic carbocycles. The number of hydrogen-bond acceptors (Lipinski definition) is 4. The second-order valence-corrected chi connectivity index (χ2v) is 6.29. The van der Waals surface area contributed by atoms with Gasteiger partial charge in [-0.25, -0.2) is 0 Å². The number of benzene rings is 1. The average Bonchev–Trinajstić information content (AvgIpc) is 3.14. The number of nitrogens with one attached hydrogen (secondary N) is 3. The summed E-state index contributed by atoms with van der Waals surface area (Å²) in [7, 11) is 3.35. The van der Waals surface area contributed by atoms with Crippen LogP contribution in [0.5, 0.6) is 5.75 Å². The minimum Gasteiger partial charge on any atom is -0.497 e. The van der Waals surface area contributed by atoms with Crippen LogP contribution in [-0.2, 0) is 0 Å². The van der Waals surface area contributed by atoms with E-state index in [0.29, 0.717) is 30.4 Å². The van der Waals surface area contributed by atoms with Gasteiger partial charge in [-0.3, -0.25) is 14.7 Å². The molecule has 1 heterocycles. The molecule has 0 aromatic heterocycles. The summed E-state index contributed by atoms with van der Waals surface area (Å²) in [6, 6.07) is 7.70. The van der Waals surface area contributed by atoms with Crippen LogP contribution in [0, 0.1) is 0 Å². The van der Waals surface area contributed by atoms with E-state index in [2.05, 4.69) is 32.8 Å². The molecule has 3 N–H and O–H groups in total. The number of ether oxygens (including phenoxy) is 1. The van der Waals surface area contributed by atoms with E-state index in [0.717, 1.165) is 19.0 Å². The lowest BCUT2D eigenvalue weighted by Crippen LogP contribution is -2.46. The Morgan fingerprint density at radius 2 is 2.07 bits per heavy atom. The Morgan fingerprint density at radius 1 is 1.30 bits per heavy atom. The van der Waals surface area contributed by atoms with E-state index in [1.165, 1.54) is 19.4 Å². The summed E-state index contributed by atoms with van der Waals surface area (Å²) in [6.07, 6.45) is 2.50. The highest BCUT2D eigenvalue weighted by Crippen LogP contribution is 2.15. The summed E-state index contributed by atoms with van der Waals surface area (Å²) in [6.45, 7) is 6.50. The number of likely N-dealkylation sites (tertiary alicyclic amines) is 1. The molecule has 1 amide bonds. The summed E-state index contributed by atoms with van der Waals surface area (Å²) in [5.74, 6) is 1.33. The fraction of sp³-hybridized carbons (Fsp3) is 0.579. The van der Waals surface area contributed by atoms with Crippen molar-refractivity contribution in [3.63, 3.8) is 0 Å². The Balaban J connectivity index is 0.00000364. The quantitative estimate of drug-likeness (QED) is 0.224. The SMILES string of the molecule is CCN1CCCC1CNC(=NC)NCCNC(=O)c1cccc(OC)c1.I. The third-order valence-corrected chi connectivity index (χ3v) is 4.67. The smallest absolute Gasteiger partial charge is 0.251 e. The zero-order chi connectivity index (χ0) is 18.8. The molecule has 8 heteroatoms. The average molecular weight is 489 g/mol. The van der Waals surface area contributed by atoms with Crippen LogP contribution in [0.15, 0.2) is 29.3 Å². The zero-order valence-electron chi connectivity index (χ0n) is 16.5. The maximum atomic E-state index is 12.2. The first-order valence-electron chi connectivity index (χ1n) is 9.28. The van der Waals surface area contributed by atoms with Crippen LogP contribution in [0.25, 0.3) is 0 Å². The molecular formula is C19H32IN5O2. The third kappa shape index (κ3) is 7.53. The molecule has 1 aliphatic rings. The molecule has 0 saturated carbocycles. The number of rotatable bonds is 8. The molecule has 0 spiro atoms. The van der Waals surface area contributed by atoms with Gasteiger partial charge in [-0.2, -0.15) is 0 Å². The van der Waals surface area contributed by atoms with E-state index in [9.17, 15) is 4.79 Å². The molecular weight excluding hydrogens is 457 g/mol. The Morgan fingerprint density at radius 3 is 2.78 bits per heavy atom. The van der Waals surface area contributed by atoms with E-state index < -0.39 is 0 Å². The van der Waals surface area contributed by atoms with Crippen molar-refractivity contribution in [3.8, 4) is 5.75 Å². The highest BCUT2D eigenvalue weighted by molar-refractivity contribution is 14.0. The Labute approximate surface area is 179 Å². The van der Waals surface area contributed by atoms with Crippen LogP contribution >= 0.6 is 24.0 Å². The molecule has 1 unspecified atom stereocenters. The normalized spacial score (nSPS) is 17.1. The van der Waals surface area contributed by atoms with E-state index in [1.54, 1.807) is 32.4 Å². The van der Waals surface area contributed by atoms with Gasteiger partial charge in [0.2, 0.25) is 0 Å². The number of guanidine groups is 1. The summed E-state index contributed by atoms with van der Waals surface area (Å²) in [5.41, 5.74) is 0.591. The number of carbonyl (C=O) groups excluding carboxylic acids is 1. The van der Waals surface area contributed by atoms with Gasteiger partial charge in [0.1, 0.15) is 5.75 Å². The van der Waals surface area contributed by atoms with Crippen LogP contribution in [0.2, 0.25) is 0 Å². The predicted octanol–water partition coefficient (Wildman–Crippen LogP) is 1.69. The van der Waals surface area contributed by atoms with Crippen molar-refractivity contribution in [1.82, 2.24) is 20.9 Å². The maximum Gasteiger partial charge on any atom is 0.251 e. The molecule has 1 aromatic rings. The molecule has 1 atom stereocenters. The van der Waals surface area contributed by atoms with Crippen LogP contribution in [-0.4, -0.2) is 69.7 Å². The van der Waals surface area contributed by atoms with Crippen LogP contribution < -0.4 is 20.7 Å². The van der Waals surface area contributed by atoms with Gasteiger partial charge in [0, 0.05) is 38.3 Å². The number of hydrogen-bond donors (Lipinski definition) is 3. The minimum atomic E-state index is -0.113. The van der Waals surface area contributed by atoms with E-state index in [1.807, 2.05) is 6.07 Å². The van der Waals surface area contributed by atoms with Gasteiger partial charge in [0.05, 0.1) is 7.11 Å². The third-order valence-electron chi connectivity index (χ3n) is 4.67. The fourth-order valence-corrected chi connectivity index (χ4v) is 3.20. The topological polar surface area (TPSA) is 78.0 Å². The first kappa shape index (κ1) is 23.5. The van der Waals surface area contributed by atoms with Crippen molar-refractivity contribution in [2.45, 2.75) is 25.8 Å². The van der Waals surface area contributed by atoms with Gasteiger partial charge in [-0.15, -0.1) is 24.0 Å². The molecule has 27 heavy (non-hydrogen) atoms. The van der Waals surface area contributed by atoms with Gasteiger partial charge in [0.25, 0.3) is 5.91 Å². The first-order valence-corrected chi connectivity index (χ1v) is 9.28. The number of nitrogens with zero attached hydrogens (tertiary/aromatic N) is 2. The van der Waals surface area contributed by atoms with Crippen molar-refractivity contribution >= 4 is 35.8 Å². The van der Waals surface area contributed by atoms with Gasteiger partial charge in [-0.1, -0.05) is 13.0 Å². The summed E-state index contributed by atoms with van der Waals surface area (Å²) < 4.78 is 5.14. The molecule has 2 rings (SSSR count). The highest BCUT2D eigenvalue weighted by atomic mass is 127. The first-order chi connectivity index (χ1) is 12.7. The summed E-state index contributed by atoms with van der Waals surface area (Å²) in [4.78, 5) is 18.9. The summed E-state index contributed by atoms with van der Waals surface area (Å²) >= 11 is 0. The maximum absolute atomic E-state index is 12.2. The Kier molecular flexibility index (Phi) is 11.1. The number of amides is 1. The van der Waals surface area contributed by atoms with Gasteiger partial charge in [-0.05, 0) is 44.1 Å². The van der Waals surface area contributed by atoms with Crippen molar-refractivity contribution in [1.29, 1.82) is 0 Å². The molecule has 1 aliphatic heterocycles. The van der Waals surface area contributed by atoms with E-state index in [4.69, 9.17) is 4.74 Å². The van der Waals surface area contributed by atoms with Gasteiger partial charge in [0.15, 0.2) is 5.96 Å². The Bertz CT molecular complexity index is 612. The number of likely N-dealkylation sites (N-methyl/N-ethyl adjacent to an activating group) is 1. The molecule has 7 nitrogen and oxygen atoms in total. The molecule has 1 saturated heterocycles. The monoisotopic (exact) mass is 489 g/mol. The van der Waals surface area contributed by atoms with E-state index >= 15 is 0 Å². The molecule has 1 fully saturated rings. The van der Waals surface area contributed by atoms with Crippen LogP contribution in [0.1, 0.15) is 30.1 Å². The van der Waals surface area contributed by atoms with Crippen molar-refractivity contribution in [2.75, 3.05) is 46.9 Å². The van der Waals surface area contributed by atoms with Crippen molar-refractivity contribution in [2.24, 2.45) is 4.99 Å². The lowest BCUT2D eigenvalue weighted by molar-refractivity contribution is 0.0954. The van der Waals surface area contributed by atoms with Crippen molar-refractivity contribution < 1.29 is 9.53 Å². The standard InChI is InChI=1S/C19H31N5O2.HI/c1-4-24-12-6-8-16(24)14-23-19(20-2)22-11-10-21-18(25)15-7-5-9-17(13-15)26-3;/h5,7,9,13,16H,4,6,8,10-12,14H2,1-3H3,(H,21,25)(H2,20,22,23);1H. The number of methoxy groups -OCH3 is 1. The second kappa shape index (κ2) is 12.8.